The molecule has 6 aromatic rings. The van der Waals surface area contributed by atoms with Crippen molar-refractivity contribution in [3.05, 3.63) is 204 Å². The second-order valence-corrected chi connectivity index (χ2v) is 15.6. The fourth-order valence-corrected chi connectivity index (χ4v) is 7.58. The molecule has 1 N–H and O–H groups in total. The number of hydrogen-bond acceptors (Lipinski definition) is 4. The van der Waals surface area contributed by atoms with E-state index in [0.717, 1.165) is 63.9 Å². The zero-order valence-corrected chi connectivity index (χ0v) is 34.2. The maximum atomic E-state index is 11.7. The van der Waals surface area contributed by atoms with Crippen molar-refractivity contribution in [2.24, 2.45) is 5.92 Å². The van der Waals surface area contributed by atoms with E-state index in [1.54, 1.807) is 6.08 Å². The van der Waals surface area contributed by atoms with Crippen LogP contribution < -0.4 is 14.5 Å². The van der Waals surface area contributed by atoms with Crippen LogP contribution in [0.5, 0.6) is 0 Å². The van der Waals surface area contributed by atoms with Gasteiger partial charge in [0, 0.05) is 47.8 Å². The zero-order valence-electron chi connectivity index (χ0n) is 34.2. The van der Waals surface area contributed by atoms with E-state index in [4.69, 9.17) is 9.97 Å². The first-order valence-electron chi connectivity index (χ1n) is 20.4. The first-order valence-corrected chi connectivity index (χ1v) is 20.4. The highest BCUT2D eigenvalue weighted by atomic mass is 16.1. The number of rotatable bonds is 14. The van der Waals surface area contributed by atoms with Gasteiger partial charge >= 0.3 is 0 Å². The average Bonchev–Trinajstić information content (AvgIpc) is 3.51. The molecule has 1 aliphatic carbocycles. The molecule has 3 aromatic heterocycles. The van der Waals surface area contributed by atoms with Crippen LogP contribution in [-0.4, -0.2) is 16.3 Å². The molecule has 7 rings (SSSR count). The van der Waals surface area contributed by atoms with Gasteiger partial charge < -0.3 is 5.32 Å². The van der Waals surface area contributed by atoms with Crippen LogP contribution in [0, 0.1) is 5.92 Å². The zero-order chi connectivity index (χ0) is 40.4. The monoisotopic (exact) mass is 763 g/mol. The summed E-state index contributed by atoms with van der Waals surface area (Å²) in [6.45, 7) is 11.7. The topological polar surface area (TPSA) is 62.6 Å². The molecular weight excluding hydrogens is 711 g/mol. The lowest BCUT2D eigenvalue weighted by Crippen LogP contribution is -2.34. The molecule has 1 unspecified atom stereocenters. The Morgan fingerprint density at radius 2 is 1.34 bits per heavy atom. The van der Waals surface area contributed by atoms with Crippen molar-refractivity contribution in [2.45, 2.75) is 65.8 Å². The number of carbonyl (C=O) groups is 1. The lowest BCUT2D eigenvalue weighted by atomic mass is 9.92. The second-order valence-electron chi connectivity index (χ2n) is 15.6. The van der Waals surface area contributed by atoms with E-state index in [1.807, 2.05) is 42.6 Å². The van der Waals surface area contributed by atoms with E-state index in [2.05, 4.69) is 165 Å². The molecule has 0 aliphatic heterocycles. The summed E-state index contributed by atoms with van der Waals surface area (Å²) < 4.78 is 4.39. The van der Waals surface area contributed by atoms with Crippen molar-refractivity contribution in [1.82, 2.24) is 9.97 Å². The van der Waals surface area contributed by atoms with Gasteiger partial charge in [-0.3, -0.25) is 4.79 Å². The van der Waals surface area contributed by atoms with Crippen LogP contribution in [0.15, 0.2) is 181 Å². The fraction of sp³-hybridized carbons (Fsp3) is 0.212. The molecule has 3 heterocycles. The summed E-state index contributed by atoms with van der Waals surface area (Å²) in [6.07, 6.45) is 25.1. The Morgan fingerprint density at radius 1 is 0.724 bits per heavy atom. The Balaban J connectivity index is 1.08. The van der Waals surface area contributed by atoms with E-state index >= 15 is 0 Å². The normalized spacial score (nSPS) is 13.8. The summed E-state index contributed by atoms with van der Waals surface area (Å²) in [5, 5.41) is 3.43. The van der Waals surface area contributed by atoms with Gasteiger partial charge in [0.2, 0.25) is 5.69 Å². The van der Waals surface area contributed by atoms with Crippen molar-refractivity contribution in [1.29, 1.82) is 0 Å². The maximum Gasteiger partial charge on any atom is 0.214 e. The summed E-state index contributed by atoms with van der Waals surface area (Å²) in [5.74, 6) is 1.07. The Labute approximate surface area is 343 Å². The minimum absolute atomic E-state index is 0.221. The summed E-state index contributed by atoms with van der Waals surface area (Å²) in [5.41, 5.74) is 14.1. The highest BCUT2D eigenvalue weighted by molar-refractivity contribution is 5.74. The Kier molecular flexibility index (Phi) is 12.7. The number of aromatic nitrogens is 4. The molecular formula is C52H53N5O+2. The first kappa shape index (κ1) is 39.7. The minimum atomic E-state index is 0.221. The standard InChI is InChI=1S/C52H52N5O/c1-37(2)45-15-6-8-17-47(45)53-29-23-42(28-34-58)41-14-12-13-40(21-22-41)39(5)35-50-51(55-49-19-10-9-18-48(49)54-50)36-56-30-24-43(25-31-56)44-26-32-57(33-27-44)52-20-11-7-16-46(52)38(3)4/h6-12,14-34,37-39H,13,35-36H2,1-5H3/q+1/p+1. The Bertz CT molecular complexity index is 2540. The predicted molar refractivity (Wildman–Crippen MR) is 237 cm³/mol. The van der Waals surface area contributed by atoms with Gasteiger partial charge in [-0.05, 0) is 88.8 Å². The molecule has 58 heavy (non-hydrogen) atoms. The van der Waals surface area contributed by atoms with Crippen molar-refractivity contribution in [3.63, 3.8) is 0 Å². The summed E-state index contributed by atoms with van der Waals surface area (Å²) in [6, 6.07) is 33.8. The minimum Gasteiger partial charge on any atom is -0.361 e. The van der Waals surface area contributed by atoms with Crippen LogP contribution in [0.3, 0.4) is 0 Å². The van der Waals surface area contributed by atoms with Gasteiger partial charge in [-0.1, -0.05) is 113 Å². The first-order chi connectivity index (χ1) is 28.3. The predicted octanol–water partition coefficient (Wildman–Crippen LogP) is 10.9. The highest BCUT2D eigenvalue weighted by Crippen LogP contribution is 2.28. The molecule has 0 amide bonds. The largest absolute Gasteiger partial charge is 0.361 e. The number of anilines is 1. The molecule has 0 bridgehead atoms. The summed E-state index contributed by atoms with van der Waals surface area (Å²) in [4.78, 5) is 22.0. The molecule has 6 heteroatoms. The molecule has 290 valence electrons. The van der Waals surface area contributed by atoms with Gasteiger partial charge in [0.25, 0.3) is 0 Å². The van der Waals surface area contributed by atoms with Gasteiger partial charge in [-0.15, -0.1) is 0 Å². The quantitative estimate of drug-likeness (QED) is 0.0519. The molecule has 0 fully saturated rings. The molecule has 0 saturated heterocycles. The van der Waals surface area contributed by atoms with Gasteiger partial charge in [0.05, 0.1) is 16.7 Å². The van der Waals surface area contributed by atoms with E-state index in [0.29, 0.717) is 18.4 Å². The number of nitrogens with zero attached hydrogens (tertiary/aromatic N) is 4. The van der Waals surface area contributed by atoms with Gasteiger partial charge in [-0.2, -0.15) is 9.13 Å². The number of allylic oxidation sites excluding steroid dienone is 9. The fourth-order valence-electron chi connectivity index (χ4n) is 7.58. The molecule has 0 spiro atoms. The molecule has 1 aliphatic rings. The van der Waals surface area contributed by atoms with Crippen LogP contribution in [0.2, 0.25) is 0 Å². The van der Waals surface area contributed by atoms with Crippen LogP contribution in [0.4, 0.5) is 5.69 Å². The molecule has 0 radical (unpaired) electrons. The lowest BCUT2D eigenvalue weighted by Gasteiger charge is -2.16. The van der Waals surface area contributed by atoms with E-state index in [1.165, 1.54) is 28.0 Å². The third kappa shape index (κ3) is 9.52. The van der Waals surface area contributed by atoms with Gasteiger partial charge in [-0.25, -0.2) is 9.97 Å². The third-order valence-electron chi connectivity index (χ3n) is 10.9. The van der Waals surface area contributed by atoms with Crippen molar-refractivity contribution in [3.8, 4) is 16.8 Å². The number of para-hydroxylation sites is 4. The van der Waals surface area contributed by atoms with Crippen LogP contribution in [0.1, 0.15) is 75.4 Å². The van der Waals surface area contributed by atoms with E-state index in [9.17, 15) is 4.79 Å². The Morgan fingerprint density at radius 3 is 2.03 bits per heavy atom. The number of hydrogen-bond donors (Lipinski definition) is 1. The van der Waals surface area contributed by atoms with Crippen molar-refractivity contribution in [2.75, 3.05) is 5.32 Å². The second kappa shape index (κ2) is 18.6. The van der Waals surface area contributed by atoms with Crippen LogP contribution in [0.25, 0.3) is 27.8 Å². The number of benzene rings is 3. The third-order valence-corrected chi connectivity index (χ3v) is 10.9. The Hall–Kier alpha value is -6.53. The summed E-state index contributed by atoms with van der Waals surface area (Å²) in [7, 11) is 0. The number of aldehydes is 1. The smallest absolute Gasteiger partial charge is 0.214 e. The lowest BCUT2D eigenvalue weighted by molar-refractivity contribution is -0.688. The van der Waals surface area contributed by atoms with E-state index in [-0.39, 0.29) is 5.92 Å². The maximum absolute atomic E-state index is 11.7. The van der Waals surface area contributed by atoms with Crippen LogP contribution in [-0.2, 0) is 17.8 Å². The van der Waals surface area contributed by atoms with Crippen molar-refractivity contribution >= 4 is 23.0 Å². The van der Waals surface area contributed by atoms with Gasteiger partial charge in [0.15, 0.2) is 31.3 Å². The number of pyridine rings is 2. The van der Waals surface area contributed by atoms with E-state index < -0.39 is 0 Å². The van der Waals surface area contributed by atoms with Gasteiger partial charge in [0.1, 0.15) is 12.0 Å². The molecule has 1 atom stereocenters. The molecule has 3 aromatic carbocycles. The SMILES string of the molecule is CC(Cc1nc2ccccc2nc1C[n+]1ccc(-c2cc[n+](-c3ccccc3C(C)C)cc2)cc1)C1=CC=C(C(C=CNc2ccccc2C(C)C)=CC=O)C=CC1. The molecule has 0 saturated carbocycles. The highest BCUT2D eigenvalue weighted by Gasteiger charge is 2.19. The number of fused-ring (bicyclic) bond motifs is 1. The molecule has 6 nitrogen and oxygen atoms in total. The van der Waals surface area contributed by atoms with Crippen molar-refractivity contribution < 1.29 is 13.9 Å². The summed E-state index contributed by atoms with van der Waals surface area (Å²) >= 11 is 0. The number of nitrogens with one attached hydrogen (secondary N) is 1. The average molecular weight is 764 g/mol. The van der Waals surface area contributed by atoms with Crippen LogP contribution >= 0.6 is 0 Å². The number of carbonyl (C=O) groups excluding carboxylic acids is 1.